The number of carbonyl (C=O) groups is 2. The van der Waals surface area contributed by atoms with E-state index >= 15 is 0 Å². The van der Waals surface area contributed by atoms with E-state index in [1.165, 1.54) is 5.01 Å². The van der Waals surface area contributed by atoms with E-state index in [-0.39, 0.29) is 18.0 Å². The number of morpholine rings is 1. The number of rotatable bonds is 5. The summed E-state index contributed by atoms with van der Waals surface area (Å²) in [5.74, 6) is 1.23. The second kappa shape index (κ2) is 11.8. The van der Waals surface area contributed by atoms with Crippen molar-refractivity contribution < 1.29 is 23.8 Å². The lowest BCUT2D eigenvalue weighted by Crippen LogP contribution is -2.47. The van der Waals surface area contributed by atoms with Crippen molar-refractivity contribution in [1.29, 1.82) is 0 Å². The number of hydrogen-bond acceptors (Lipinski definition) is 6. The van der Waals surface area contributed by atoms with E-state index in [2.05, 4.69) is 10.7 Å². The molecule has 2 N–H and O–H groups in total. The molecule has 208 valence electrons. The van der Waals surface area contributed by atoms with Crippen LogP contribution in [0.4, 0.5) is 4.79 Å². The summed E-state index contributed by atoms with van der Waals surface area (Å²) in [5, 5.41) is 4.21. The van der Waals surface area contributed by atoms with Crippen LogP contribution in [-0.2, 0) is 4.74 Å². The van der Waals surface area contributed by atoms with Crippen molar-refractivity contribution in [2.75, 3.05) is 47.6 Å². The van der Waals surface area contributed by atoms with Crippen LogP contribution in [-0.4, -0.2) is 69.4 Å². The molecule has 3 amide bonds. The number of hydrogen-bond donors (Lipinski definition) is 2. The molecular formula is C31H34N4O5. The average molecular weight is 543 g/mol. The van der Waals surface area contributed by atoms with Crippen LogP contribution in [0.25, 0.3) is 17.2 Å². The largest absolute Gasteiger partial charge is 0.493 e. The molecule has 9 heteroatoms. The highest BCUT2D eigenvalue weighted by Crippen LogP contribution is 2.39. The lowest BCUT2D eigenvalue weighted by atomic mass is 9.92. The monoisotopic (exact) mass is 542 g/mol. The number of allylic oxidation sites excluding steroid dienone is 1. The van der Waals surface area contributed by atoms with Crippen molar-refractivity contribution in [1.82, 2.24) is 20.7 Å². The van der Waals surface area contributed by atoms with Gasteiger partial charge in [-0.1, -0.05) is 36.4 Å². The molecule has 0 radical (unpaired) electrons. The van der Waals surface area contributed by atoms with Gasteiger partial charge in [-0.3, -0.25) is 4.79 Å². The topological polar surface area (TPSA) is 92.4 Å². The predicted molar refractivity (Wildman–Crippen MR) is 153 cm³/mol. The summed E-state index contributed by atoms with van der Waals surface area (Å²) < 4.78 is 16.5. The summed E-state index contributed by atoms with van der Waals surface area (Å²) in [6.45, 7) is 4.21. The quantitative estimate of drug-likeness (QED) is 0.495. The van der Waals surface area contributed by atoms with Crippen molar-refractivity contribution >= 4 is 18.0 Å². The second-order valence-corrected chi connectivity index (χ2v) is 9.68. The maximum Gasteiger partial charge on any atom is 0.335 e. The Bertz CT molecular complexity index is 1430. The molecule has 1 atom stereocenters. The zero-order chi connectivity index (χ0) is 28.2. The normalized spacial score (nSPS) is 16.9. The van der Waals surface area contributed by atoms with Gasteiger partial charge in [0.25, 0.3) is 5.91 Å². The van der Waals surface area contributed by atoms with Gasteiger partial charge in [0.2, 0.25) is 0 Å². The van der Waals surface area contributed by atoms with Crippen LogP contribution in [0.1, 0.15) is 40.0 Å². The van der Waals surface area contributed by atoms with Gasteiger partial charge in [-0.2, -0.15) is 0 Å². The van der Waals surface area contributed by atoms with Gasteiger partial charge in [-0.25, -0.2) is 15.2 Å². The molecule has 1 saturated heterocycles. The smallest absolute Gasteiger partial charge is 0.335 e. The molecule has 1 fully saturated rings. The molecule has 3 aromatic carbocycles. The molecule has 0 aromatic heterocycles. The van der Waals surface area contributed by atoms with Gasteiger partial charge < -0.3 is 24.4 Å². The van der Waals surface area contributed by atoms with Crippen molar-refractivity contribution in [2.24, 2.45) is 0 Å². The minimum absolute atomic E-state index is 0.0163. The van der Waals surface area contributed by atoms with Gasteiger partial charge in [-0.15, -0.1) is 0 Å². The number of carbonyl (C=O) groups excluding carboxylic acids is 2. The first-order valence-corrected chi connectivity index (χ1v) is 13.2. The molecule has 40 heavy (non-hydrogen) atoms. The molecule has 2 aliphatic heterocycles. The minimum Gasteiger partial charge on any atom is -0.493 e. The molecule has 0 spiro atoms. The number of hydrazine groups is 1. The Labute approximate surface area is 234 Å². The lowest BCUT2D eigenvalue weighted by Gasteiger charge is -2.28. The third kappa shape index (κ3) is 5.38. The van der Waals surface area contributed by atoms with Crippen LogP contribution in [0, 0.1) is 0 Å². The Kier molecular flexibility index (Phi) is 8.04. The van der Waals surface area contributed by atoms with Crippen molar-refractivity contribution in [3.63, 3.8) is 0 Å². The highest BCUT2D eigenvalue weighted by atomic mass is 16.5. The lowest BCUT2D eigenvalue weighted by molar-refractivity contribution is 0.0303. The van der Waals surface area contributed by atoms with Gasteiger partial charge in [0.15, 0.2) is 11.5 Å². The first-order valence-electron chi connectivity index (χ1n) is 13.2. The fraction of sp³-hybridized carbons (Fsp3) is 0.290. The van der Waals surface area contributed by atoms with Crippen LogP contribution in [0.15, 0.2) is 66.4 Å². The summed E-state index contributed by atoms with van der Waals surface area (Å²) in [6.07, 6.45) is 1.95. The number of fused-ring (bicyclic) bond motifs is 1. The Morgan fingerprint density at radius 3 is 2.33 bits per heavy atom. The number of amides is 3. The minimum atomic E-state index is -0.357. The van der Waals surface area contributed by atoms with Gasteiger partial charge in [0, 0.05) is 31.4 Å². The van der Waals surface area contributed by atoms with Crippen LogP contribution in [0.5, 0.6) is 11.5 Å². The zero-order valence-corrected chi connectivity index (χ0v) is 23.2. The van der Waals surface area contributed by atoms with Gasteiger partial charge >= 0.3 is 6.03 Å². The van der Waals surface area contributed by atoms with E-state index in [0.29, 0.717) is 43.4 Å². The number of nitrogens with one attached hydrogen (secondary N) is 2. The fourth-order valence-corrected chi connectivity index (χ4v) is 5.11. The summed E-state index contributed by atoms with van der Waals surface area (Å²) in [5.41, 5.74) is 9.53. The molecule has 0 bridgehead atoms. The van der Waals surface area contributed by atoms with Crippen molar-refractivity contribution in [3.05, 3.63) is 88.6 Å². The van der Waals surface area contributed by atoms with Crippen LogP contribution in [0.3, 0.4) is 0 Å². The van der Waals surface area contributed by atoms with Gasteiger partial charge in [-0.05, 0) is 65.1 Å². The van der Waals surface area contributed by atoms with Crippen LogP contribution >= 0.6 is 0 Å². The van der Waals surface area contributed by atoms with Crippen LogP contribution in [0.2, 0.25) is 0 Å². The summed E-state index contributed by atoms with van der Waals surface area (Å²) in [4.78, 5) is 27.6. The zero-order valence-electron chi connectivity index (χ0n) is 23.2. The Morgan fingerprint density at radius 2 is 1.65 bits per heavy atom. The summed E-state index contributed by atoms with van der Waals surface area (Å²) >= 11 is 0. The average Bonchev–Trinajstić information content (AvgIpc) is 3.15. The van der Waals surface area contributed by atoms with Crippen molar-refractivity contribution in [2.45, 2.75) is 13.0 Å². The van der Waals surface area contributed by atoms with E-state index < -0.39 is 0 Å². The summed E-state index contributed by atoms with van der Waals surface area (Å²) in [7, 11) is 4.81. The predicted octanol–water partition coefficient (Wildman–Crippen LogP) is 4.45. The number of ether oxygens (including phenoxy) is 3. The Balaban J connectivity index is 1.49. The van der Waals surface area contributed by atoms with Gasteiger partial charge in [0.05, 0.1) is 33.5 Å². The van der Waals surface area contributed by atoms with E-state index in [1.807, 2.05) is 78.6 Å². The molecule has 3 aromatic rings. The first-order chi connectivity index (χ1) is 19.4. The molecule has 0 saturated carbocycles. The highest BCUT2D eigenvalue weighted by Gasteiger charge is 2.28. The maximum absolute atomic E-state index is 13.0. The SMILES string of the molecule is CNC(=O)N1NC(c2ccc(-c3cccc(C(=O)N4CCOCC4)c3)cc2)c2cc(OC)c(OC)cc2C=C1C. The molecule has 1 unspecified atom stereocenters. The molecule has 2 aliphatic rings. The second-order valence-electron chi connectivity index (χ2n) is 9.68. The van der Waals surface area contributed by atoms with E-state index in [9.17, 15) is 9.59 Å². The Morgan fingerprint density at radius 1 is 0.950 bits per heavy atom. The Hall–Kier alpha value is -4.34. The fourth-order valence-electron chi connectivity index (χ4n) is 5.11. The number of nitrogens with zero attached hydrogens (tertiary/aromatic N) is 2. The number of methoxy groups -OCH3 is 2. The van der Waals surface area contributed by atoms with E-state index in [4.69, 9.17) is 14.2 Å². The standard InChI is InChI=1S/C31H34N4O5/c1-20-16-25-18-27(38-3)28(39-4)19-26(25)29(33-35(20)31(37)32-2)22-10-8-21(9-11-22)23-6-5-7-24(17-23)30(36)34-12-14-40-15-13-34/h5-11,16-19,29,33H,12-15H2,1-4H3,(H,32,37). The van der Waals surface area contributed by atoms with E-state index in [1.54, 1.807) is 21.3 Å². The summed E-state index contributed by atoms with van der Waals surface area (Å²) in [6, 6.07) is 19.1. The molecule has 5 rings (SSSR count). The third-order valence-corrected chi connectivity index (χ3v) is 7.28. The van der Waals surface area contributed by atoms with E-state index in [0.717, 1.165) is 33.5 Å². The van der Waals surface area contributed by atoms with Crippen LogP contribution < -0.4 is 20.2 Å². The first kappa shape index (κ1) is 27.2. The third-order valence-electron chi connectivity index (χ3n) is 7.28. The van der Waals surface area contributed by atoms with Gasteiger partial charge in [0.1, 0.15) is 0 Å². The molecular weight excluding hydrogens is 508 g/mol. The molecule has 2 heterocycles. The number of urea groups is 1. The molecule has 0 aliphatic carbocycles. The van der Waals surface area contributed by atoms with Crippen molar-refractivity contribution in [3.8, 4) is 22.6 Å². The highest BCUT2D eigenvalue weighted by molar-refractivity contribution is 5.95. The number of benzene rings is 3. The molecule has 9 nitrogen and oxygen atoms in total. The maximum atomic E-state index is 13.0.